The lowest BCUT2D eigenvalue weighted by molar-refractivity contribution is 0.526. The third-order valence-electron chi connectivity index (χ3n) is 4.45. The number of fused-ring (bicyclic) bond motifs is 1. The van der Waals surface area contributed by atoms with E-state index in [1.165, 1.54) is 16.7 Å². The third-order valence-corrected chi connectivity index (χ3v) is 4.45. The summed E-state index contributed by atoms with van der Waals surface area (Å²) < 4.78 is 2.31. The van der Waals surface area contributed by atoms with Crippen LogP contribution in [0.4, 0.5) is 5.95 Å². The van der Waals surface area contributed by atoms with Crippen molar-refractivity contribution in [2.24, 2.45) is 0 Å². The van der Waals surface area contributed by atoms with Crippen molar-refractivity contribution < 1.29 is 0 Å². The highest BCUT2D eigenvalue weighted by Gasteiger charge is 2.26. The van der Waals surface area contributed by atoms with Crippen LogP contribution in [0.15, 0.2) is 24.4 Å². The number of imidazole rings is 1. The van der Waals surface area contributed by atoms with Crippen molar-refractivity contribution in [3.8, 4) is 0 Å². The van der Waals surface area contributed by atoms with E-state index in [0.717, 1.165) is 24.6 Å². The second kappa shape index (κ2) is 4.90. The molecule has 21 heavy (non-hydrogen) atoms. The second-order valence-corrected chi connectivity index (χ2v) is 7.18. The number of hydrogen-bond acceptors (Lipinski definition) is 2. The number of hydrogen-bond donors (Lipinski definition) is 1. The number of nitrogens with zero attached hydrogens (tertiary/aromatic N) is 2. The predicted molar refractivity (Wildman–Crippen MR) is 88.1 cm³/mol. The highest BCUT2D eigenvalue weighted by atomic mass is 15.2. The van der Waals surface area contributed by atoms with Crippen molar-refractivity contribution >= 4 is 5.95 Å². The lowest BCUT2D eigenvalue weighted by atomic mass is 9.93. The number of benzene rings is 1. The Bertz CT molecular complexity index is 662. The maximum Gasteiger partial charge on any atom is 0.203 e. The summed E-state index contributed by atoms with van der Waals surface area (Å²) in [4.78, 5) is 4.79. The number of aryl methyl sites for hydroxylation is 2. The molecule has 2 aromatic rings. The van der Waals surface area contributed by atoms with E-state index in [1.807, 2.05) is 0 Å². The van der Waals surface area contributed by atoms with Crippen molar-refractivity contribution in [2.45, 2.75) is 52.5 Å². The van der Waals surface area contributed by atoms with Gasteiger partial charge < -0.3 is 9.88 Å². The van der Waals surface area contributed by atoms with E-state index in [1.54, 1.807) is 0 Å². The fourth-order valence-electron chi connectivity index (χ4n) is 2.88. The molecule has 1 unspecified atom stereocenters. The fraction of sp³-hybridized carbons (Fsp3) is 0.500. The molecule has 1 N–H and O–H groups in total. The van der Waals surface area contributed by atoms with Gasteiger partial charge in [0.2, 0.25) is 5.95 Å². The van der Waals surface area contributed by atoms with Gasteiger partial charge in [-0.05, 0) is 37.0 Å². The molecule has 0 bridgehead atoms. The van der Waals surface area contributed by atoms with E-state index in [9.17, 15) is 0 Å². The minimum absolute atomic E-state index is 0.0831. The van der Waals surface area contributed by atoms with Crippen LogP contribution in [0.25, 0.3) is 0 Å². The molecule has 0 saturated heterocycles. The van der Waals surface area contributed by atoms with Gasteiger partial charge in [0.15, 0.2) is 0 Å². The lowest BCUT2D eigenvalue weighted by Gasteiger charge is -2.27. The standard InChI is InChI=1S/C18H25N3/c1-12-6-7-14(10-13(12)2)15-8-9-19-17-20-16(11-21(15)17)18(3,4)5/h6-7,10-11,15H,8-9H2,1-5H3,(H,19,20). The van der Waals surface area contributed by atoms with Gasteiger partial charge >= 0.3 is 0 Å². The van der Waals surface area contributed by atoms with Crippen molar-refractivity contribution in [2.75, 3.05) is 11.9 Å². The Labute approximate surface area is 127 Å². The Morgan fingerprint density at radius 3 is 2.62 bits per heavy atom. The maximum absolute atomic E-state index is 4.79. The van der Waals surface area contributed by atoms with Gasteiger partial charge in [-0.25, -0.2) is 4.98 Å². The number of aromatic nitrogens is 2. The van der Waals surface area contributed by atoms with Crippen LogP contribution in [0.5, 0.6) is 0 Å². The topological polar surface area (TPSA) is 29.9 Å². The predicted octanol–water partition coefficient (Wildman–Crippen LogP) is 4.20. The summed E-state index contributed by atoms with van der Waals surface area (Å²) in [7, 11) is 0. The SMILES string of the molecule is Cc1ccc(C2CCNc3nc(C(C)(C)C)cn32)cc1C. The van der Waals surface area contributed by atoms with E-state index in [0.29, 0.717) is 6.04 Å². The molecule has 0 amide bonds. The van der Waals surface area contributed by atoms with Gasteiger partial charge in [-0.3, -0.25) is 0 Å². The van der Waals surface area contributed by atoms with Gasteiger partial charge in [0.05, 0.1) is 11.7 Å². The second-order valence-electron chi connectivity index (χ2n) is 7.18. The van der Waals surface area contributed by atoms with Gasteiger partial charge in [-0.15, -0.1) is 0 Å². The summed E-state index contributed by atoms with van der Waals surface area (Å²) in [5.41, 5.74) is 5.34. The average molecular weight is 283 g/mol. The van der Waals surface area contributed by atoms with E-state index < -0.39 is 0 Å². The van der Waals surface area contributed by atoms with Crippen LogP contribution in [-0.4, -0.2) is 16.1 Å². The Kier molecular flexibility index (Phi) is 3.31. The van der Waals surface area contributed by atoms with Gasteiger partial charge in [0.25, 0.3) is 0 Å². The van der Waals surface area contributed by atoms with Gasteiger partial charge in [-0.1, -0.05) is 39.0 Å². The number of anilines is 1. The molecular weight excluding hydrogens is 258 g/mol. The smallest absolute Gasteiger partial charge is 0.203 e. The van der Waals surface area contributed by atoms with Crippen LogP contribution in [0.2, 0.25) is 0 Å². The summed E-state index contributed by atoms with van der Waals surface area (Å²) in [5.74, 6) is 1.01. The molecule has 0 aliphatic carbocycles. The lowest BCUT2D eigenvalue weighted by Crippen LogP contribution is -2.23. The minimum atomic E-state index is 0.0831. The third kappa shape index (κ3) is 2.57. The van der Waals surface area contributed by atoms with Crippen molar-refractivity contribution in [3.63, 3.8) is 0 Å². The maximum atomic E-state index is 4.79. The Balaban J connectivity index is 2.03. The van der Waals surface area contributed by atoms with Crippen LogP contribution < -0.4 is 5.32 Å². The van der Waals surface area contributed by atoms with Crippen molar-refractivity contribution in [3.05, 3.63) is 46.8 Å². The van der Waals surface area contributed by atoms with Crippen LogP contribution in [0.1, 0.15) is 55.6 Å². The first kappa shape index (κ1) is 14.2. The summed E-state index contributed by atoms with van der Waals surface area (Å²) in [6, 6.07) is 7.21. The highest BCUT2D eigenvalue weighted by molar-refractivity contribution is 5.39. The molecule has 1 atom stereocenters. The Morgan fingerprint density at radius 1 is 1.19 bits per heavy atom. The summed E-state index contributed by atoms with van der Waals surface area (Å²) in [5, 5.41) is 3.43. The van der Waals surface area contributed by atoms with Crippen LogP contribution in [-0.2, 0) is 5.41 Å². The van der Waals surface area contributed by atoms with E-state index in [-0.39, 0.29) is 5.41 Å². The monoisotopic (exact) mass is 283 g/mol. The molecule has 3 rings (SSSR count). The van der Waals surface area contributed by atoms with Crippen molar-refractivity contribution in [1.82, 2.24) is 9.55 Å². The van der Waals surface area contributed by atoms with Crippen LogP contribution in [0.3, 0.4) is 0 Å². The molecule has 1 aromatic heterocycles. The molecular formula is C18H25N3. The largest absolute Gasteiger partial charge is 0.356 e. The minimum Gasteiger partial charge on any atom is -0.356 e. The van der Waals surface area contributed by atoms with Crippen LogP contribution >= 0.6 is 0 Å². The molecule has 0 spiro atoms. The van der Waals surface area contributed by atoms with Gasteiger partial charge in [0, 0.05) is 18.2 Å². The zero-order valence-corrected chi connectivity index (χ0v) is 13.7. The van der Waals surface area contributed by atoms with Gasteiger partial charge in [-0.2, -0.15) is 0 Å². The molecule has 112 valence electrons. The zero-order chi connectivity index (χ0) is 15.2. The fourth-order valence-corrected chi connectivity index (χ4v) is 2.88. The molecule has 2 heterocycles. The highest BCUT2D eigenvalue weighted by Crippen LogP contribution is 2.33. The van der Waals surface area contributed by atoms with E-state index in [2.05, 4.69) is 68.9 Å². The molecule has 0 radical (unpaired) electrons. The molecule has 3 heteroatoms. The first-order valence-corrected chi connectivity index (χ1v) is 7.76. The first-order valence-electron chi connectivity index (χ1n) is 7.76. The normalized spacial score (nSPS) is 18.2. The molecule has 1 aliphatic heterocycles. The molecule has 0 saturated carbocycles. The first-order chi connectivity index (χ1) is 9.86. The van der Waals surface area contributed by atoms with E-state index >= 15 is 0 Å². The summed E-state index contributed by atoms with van der Waals surface area (Å²) in [6.07, 6.45) is 3.33. The summed E-state index contributed by atoms with van der Waals surface area (Å²) in [6.45, 7) is 12.0. The zero-order valence-electron chi connectivity index (χ0n) is 13.7. The number of nitrogens with one attached hydrogen (secondary N) is 1. The number of rotatable bonds is 1. The Hall–Kier alpha value is -1.77. The molecule has 3 nitrogen and oxygen atoms in total. The molecule has 1 aliphatic rings. The van der Waals surface area contributed by atoms with E-state index in [4.69, 9.17) is 4.98 Å². The van der Waals surface area contributed by atoms with Crippen molar-refractivity contribution in [1.29, 1.82) is 0 Å². The molecule has 1 aromatic carbocycles. The summed E-state index contributed by atoms with van der Waals surface area (Å²) >= 11 is 0. The average Bonchev–Trinajstić information content (AvgIpc) is 2.86. The van der Waals surface area contributed by atoms with Crippen LogP contribution in [0, 0.1) is 13.8 Å². The Morgan fingerprint density at radius 2 is 1.95 bits per heavy atom. The quantitative estimate of drug-likeness (QED) is 0.850. The molecule has 0 fully saturated rings. The van der Waals surface area contributed by atoms with Gasteiger partial charge in [0.1, 0.15) is 0 Å².